The first-order valence-electron chi connectivity index (χ1n) is 9.75. The van der Waals surface area contributed by atoms with E-state index in [9.17, 15) is 9.59 Å². The second-order valence-corrected chi connectivity index (χ2v) is 8.82. The van der Waals surface area contributed by atoms with Gasteiger partial charge in [0.25, 0.3) is 0 Å². The largest absolute Gasteiger partial charge is 0.465 e. The average molecular weight is 448 g/mol. The molecule has 1 amide bonds. The van der Waals surface area contributed by atoms with E-state index < -0.39 is 5.91 Å². The van der Waals surface area contributed by atoms with E-state index in [1.165, 1.54) is 22.7 Å². The van der Waals surface area contributed by atoms with Gasteiger partial charge in [0.05, 0.1) is 27.0 Å². The van der Waals surface area contributed by atoms with Gasteiger partial charge < -0.3 is 9.30 Å². The first kappa shape index (κ1) is 19.6. The molecule has 31 heavy (non-hydrogen) atoms. The van der Waals surface area contributed by atoms with Gasteiger partial charge >= 0.3 is 11.9 Å². The minimum absolute atomic E-state index is 0.0157. The first-order valence-corrected chi connectivity index (χ1v) is 11.4. The Morgan fingerprint density at radius 1 is 1.03 bits per heavy atom. The summed E-state index contributed by atoms with van der Waals surface area (Å²) in [5.41, 5.74) is 1.61. The number of hydrogen-bond donors (Lipinski definition) is 0. The number of hydrogen-bond acceptors (Lipinski definition) is 6. The standard InChI is InChI=1S/C23H17N3O3S2/c1-2-29-19(27)13-26-17-12-11-14-7-3-4-8-15(14)20(17)31-23(26)25-21(28)22-24-16-9-5-6-10-18(16)30-22/h3-12H,2,13H2,1H3. The predicted molar refractivity (Wildman–Crippen MR) is 123 cm³/mol. The van der Waals surface area contributed by atoms with Gasteiger partial charge in [0.1, 0.15) is 6.54 Å². The summed E-state index contributed by atoms with van der Waals surface area (Å²) in [7, 11) is 0. The van der Waals surface area contributed by atoms with E-state index in [0.717, 1.165) is 31.2 Å². The molecular weight excluding hydrogens is 430 g/mol. The Balaban J connectivity index is 1.69. The molecule has 0 aliphatic carbocycles. The van der Waals surface area contributed by atoms with E-state index in [4.69, 9.17) is 4.74 Å². The SMILES string of the molecule is CCOC(=O)Cn1c(=NC(=O)c2nc3ccccc3s2)sc2c3ccccc3ccc21. The number of thiazole rings is 2. The van der Waals surface area contributed by atoms with Crippen LogP contribution in [0, 0.1) is 0 Å². The lowest BCUT2D eigenvalue weighted by molar-refractivity contribution is -0.143. The van der Waals surface area contributed by atoms with Gasteiger partial charge in [0.15, 0.2) is 9.81 Å². The Kier molecular flexibility index (Phi) is 5.09. The van der Waals surface area contributed by atoms with Crippen LogP contribution in [0.5, 0.6) is 0 Å². The van der Waals surface area contributed by atoms with Gasteiger partial charge in [0, 0.05) is 5.39 Å². The fourth-order valence-electron chi connectivity index (χ4n) is 3.47. The zero-order valence-corrected chi connectivity index (χ0v) is 18.2. The molecule has 0 saturated heterocycles. The first-order chi connectivity index (χ1) is 15.1. The topological polar surface area (TPSA) is 73.6 Å². The van der Waals surface area contributed by atoms with Crippen LogP contribution >= 0.6 is 22.7 Å². The number of esters is 1. The molecule has 154 valence electrons. The van der Waals surface area contributed by atoms with Crippen molar-refractivity contribution in [1.29, 1.82) is 0 Å². The lowest BCUT2D eigenvalue weighted by atomic mass is 10.1. The van der Waals surface area contributed by atoms with Gasteiger partial charge in [-0.25, -0.2) is 4.98 Å². The summed E-state index contributed by atoms with van der Waals surface area (Å²) in [6.45, 7) is 2.05. The normalized spacial score (nSPS) is 12.1. The van der Waals surface area contributed by atoms with Crippen LogP contribution in [0.2, 0.25) is 0 Å². The highest BCUT2D eigenvalue weighted by atomic mass is 32.1. The number of para-hydroxylation sites is 1. The molecular formula is C23H17N3O3S2. The number of carbonyl (C=O) groups excluding carboxylic acids is 2. The Labute approximate surface area is 185 Å². The van der Waals surface area contributed by atoms with Crippen molar-refractivity contribution in [3.05, 3.63) is 70.5 Å². The van der Waals surface area contributed by atoms with Crippen molar-refractivity contribution < 1.29 is 14.3 Å². The highest BCUT2D eigenvalue weighted by molar-refractivity contribution is 7.20. The highest BCUT2D eigenvalue weighted by Crippen LogP contribution is 2.28. The zero-order chi connectivity index (χ0) is 21.4. The van der Waals surface area contributed by atoms with E-state index in [-0.39, 0.29) is 12.5 Å². The Morgan fingerprint density at radius 2 is 1.84 bits per heavy atom. The number of fused-ring (bicyclic) bond motifs is 4. The number of benzene rings is 3. The fourth-order valence-corrected chi connectivity index (χ4v) is 5.48. The number of amides is 1. The maximum Gasteiger partial charge on any atom is 0.326 e. The van der Waals surface area contributed by atoms with E-state index in [1.807, 2.05) is 60.7 Å². The van der Waals surface area contributed by atoms with Gasteiger partial charge in [-0.3, -0.25) is 9.59 Å². The van der Waals surface area contributed by atoms with Crippen molar-refractivity contribution in [2.45, 2.75) is 13.5 Å². The Bertz CT molecular complexity index is 1490. The van der Waals surface area contributed by atoms with Gasteiger partial charge in [-0.15, -0.1) is 11.3 Å². The van der Waals surface area contributed by atoms with Gasteiger partial charge in [-0.05, 0) is 30.5 Å². The summed E-state index contributed by atoms with van der Waals surface area (Å²) in [5, 5.41) is 2.46. The fraction of sp³-hybridized carbons (Fsp3) is 0.130. The van der Waals surface area contributed by atoms with E-state index >= 15 is 0 Å². The minimum Gasteiger partial charge on any atom is -0.465 e. The molecule has 5 aromatic rings. The van der Waals surface area contributed by atoms with Crippen LogP contribution in [-0.2, 0) is 16.1 Å². The van der Waals surface area contributed by atoms with Gasteiger partial charge in [0.2, 0.25) is 0 Å². The molecule has 2 heterocycles. The molecule has 0 fully saturated rings. The number of carbonyl (C=O) groups is 2. The number of nitrogens with zero attached hydrogens (tertiary/aromatic N) is 3. The lowest BCUT2D eigenvalue weighted by Crippen LogP contribution is -2.23. The van der Waals surface area contributed by atoms with Crippen LogP contribution in [0.15, 0.2) is 65.7 Å². The van der Waals surface area contributed by atoms with Crippen LogP contribution < -0.4 is 4.80 Å². The molecule has 0 N–H and O–H groups in total. The average Bonchev–Trinajstić information content (AvgIpc) is 3.36. The summed E-state index contributed by atoms with van der Waals surface area (Å²) in [6, 6.07) is 19.6. The zero-order valence-electron chi connectivity index (χ0n) is 16.6. The van der Waals surface area contributed by atoms with Crippen LogP contribution in [0.1, 0.15) is 16.7 Å². The molecule has 0 bridgehead atoms. The molecule has 0 aliphatic rings. The van der Waals surface area contributed by atoms with E-state index in [2.05, 4.69) is 9.98 Å². The summed E-state index contributed by atoms with van der Waals surface area (Å²) in [6.07, 6.45) is 0. The second-order valence-electron chi connectivity index (χ2n) is 6.81. The molecule has 0 aliphatic heterocycles. The van der Waals surface area contributed by atoms with E-state index in [0.29, 0.717) is 16.4 Å². The molecule has 8 heteroatoms. The number of rotatable bonds is 4. The van der Waals surface area contributed by atoms with Gasteiger partial charge in [-0.2, -0.15) is 4.99 Å². The monoisotopic (exact) mass is 447 g/mol. The lowest BCUT2D eigenvalue weighted by Gasteiger charge is -2.05. The summed E-state index contributed by atoms with van der Waals surface area (Å²) < 4.78 is 8.79. The van der Waals surface area contributed by atoms with Crippen LogP contribution in [0.4, 0.5) is 0 Å². The third-order valence-electron chi connectivity index (χ3n) is 4.84. The minimum atomic E-state index is -0.422. The molecule has 0 saturated carbocycles. The molecule has 0 unspecified atom stereocenters. The molecule has 0 atom stereocenters. The smallest absolute Gasteiger partial charge is 0.326 e. The van der Waals surface area contributed by atoms with E-state index in [1.54, 1.807) is 11.5 Å². The van der Waals surface area contributed by atoms with Crippen molar-refractivity contribution >= 4 is 65.8 Å². The summed E-state index contributed by atoms with van der Waals surface area (Å²) in [4.78, 5) is 34.4. The van der Waals surface area contributed by atoms with Crippen molar-refractivity contribution in [2.24, 2.45) is 4.99 Å². The Hall–Kier alpha value is -3.36. The molecule has 5 rings (SSSR count). The maximum absolute atomic E-state index is 12.9. The molecule has 2 aromatic heterocycles. The van der Waals surface area contributed by atoms with Crippen molar-refractivity contribution in [1.82, 2.24) is 9.55 Å². The summed E-state index contributed by atoms with van der Waals surface area (Å²) >= 11 is 2.70. The molecule has 0 radical (unpaired) electrons. The van der Waals surface area contributed by atoms with Crippen LogP contribution in [0.25, 0.3) is 31.2 Å². The second kappa shape index (κ2) is 8.05. The number of aromatic nitrogens is 2. The molecule has 3 aromatic carbocycles. The van der Waals surface area contributed by atoms with Crippen LogP contribution in [0.3, 0.4) is 0 Å². The maximum atomic E-state index is 12.9. The molecule has 0 spiro atoms. The van der Waals surface area contributed by atoms with Crippen molar-refractivity contribution in [3.63, 3.8) is 0 Å². The Morgan fingerprint density at radius 3 is 2.68 bits per heavy atom. The molecule has 6 nitrogen and oxygen atoms in total. The van der Waals surface area contributed by atoms with Gasteiger partial charge in [-0.1, -0.05) is 53.8 Å². The highest BCUT2D eigenvalue weighted by Gasteiger charge is 2.16. The third kappa shape index (κ3) is 3.64. The number of ether oxygens (including phenoxy) is 1. The third-order valence-corrected chi connectivity index (χ3v) is 6.99. The van der Waals surface area contributed by atoms with Crippen molar-refractivity contribution in [2.75, 3.05) is 6.61 Å². The van der Waals surface area contributed by atoms with Crippen LogP contribution in [-0.4, -0.2) is 28.0 Å². The van der Waals surface area contributed by atoms with Crippen molar-refractivity contribution in [3.8, 4) is 0 Å². The predicted octanol–water partition coefficient (Wildman–Crippen LogP) is 4.77. The summed E-state index contributed by atoms with van der Waals surface area (Å²) in [5.74, 6) is -0.793. The quantitative estimate of drug-likeness (QED) is 0.372.